The van der Waals surface area contributed by atoms with Gasteiger partial charge in [0.15, 0.2) is 0 Å². The molecule has 6 heteroatoms. The van der Waals surface area contributed by atoms with Crippen molar-refractivity contribution in [2.75, 3.05) is 5.73 Å². The van der Waals surface area contributed by atoms with Crippen molar-refractivity contribution in [2.24, 2.45) is 0 Å². The van der Waals surface area contributed by atoms with E-state index in [4.69, 9.17) is 5.73 Å². The Bertz CT molecular complexity index is 473. The summed E-state index contributed by atoms with van der Waals surface area (Å²) in [5, 5.41) is 14.7. The third kappa shape index (κ3) is 1.29. The first-order chi connectivity index (χ1) is 6.18. The summed E-state index contributed by atoms with van der Waals surface area (Å²) in [6, 6.07) is 5.22. The van der Waals surface area contributed by atoms with Gasteiger partial charge >= 0.3 is 0 Å². The van der Waals surface area contributed by atoms with Gasteiger partial charge in [-0.25, -0.2) is 4.98 Å². The fraction of sp³-hybridized carbons (Fsp3) is 0. The molecule has 0 aliphatic rings. The highest BCUT2D eigenvalue weighted by molar-refractivity contribution is 9.10. The fourth-order valence-corrected chi connectivity index (χ4v) is 1.58. The van der Waals surface area contributed by atoms with Gasteiger partial charge in [0.25, 0.3) is 11.5 Å². The Hall–Kier alpha value is -1.43. The number of hydrogen-bond acceptors (Lipinski definition) is 4. The van der Waals surface area contributed by atoms with Crippen LogP contribution in [0.5, 0.6) is 0 Å². The number of aromatic nitrogens is 3. The maximum Gasteiger partial charge on any atom is 0.288 e. The normalized spacial score (nSPS) is 10.5. The van der Waals surface area contributed by atoms with Crippen LogP contribution in [0.1, 0.15) is 0 Å². The molecule has 2 rings (SSSR count). The van der Waals surface area contributed by atoms with E-state index in [-0.39, 0.29) is 5.95 Å². The number of hydrogen-bond donors (Lipinski definition) is 1. The van der Waals surface area contributed by atoms with Crippen LogP contribution >= 0.6 is 15.9 Å². The Labute approximate surface area is 81.9 Å². The summed E-state index contributed by atoms with van der Waals surface area (Å²) in [5.74, 6) is -0.0272. The van der Waals surface area contributed by atoms with Crippen LogP contribution in [0.25, 0.3) is 11.0 Å². The van der Waals surface area contributed by atoms with Gasteiger partial charge in [0.2, 0.25) is 0 Å². The molecule has 0 spiro atoms. The number of fused-ring (bicyclic) bond motifs is 1. The van der Waals surface area contributed by atoms with Crippen LogP contribution in [0.2, 0.25) is 0 Å². The first-order valence-corrected chi connectivity index (χ1v) is 4.29. The van der Waals surface area contributed by atoms with E-state index >= 15 is 0 Å². The summed E-state index contributed by atoms with van der Waals surface area (Å²) >= 11 is 3.23. The van der Waals surface area contributed by atoms with Gasteiger partial charge in [0, 0.05) is 0 Å². The van der Waals surface area contributed by atoms with Crippen molar-refractivity contribution in [1.82, 2.24) is 10.1 Å². The first kappa shape index (κ1) is 8.18. The molecule has 1 aromatic heterocycles. The summed E-state index contributed by atoms with van der Waals surface area (Å²) in [7, 11) is 0. The molecule has 0 saturated carbocycles. The summed E-state index contributed by atoms with van der Waals surface area (Å²) in [6.45, 7) is 0. The van der Waals surface area contributed by atoms with Gasteiger partial charge in [-0.1, -0.05) is 6.07 Å². The minimum absolute atomic E-state index is 0.0272. The Kier molecular flexibility index (Phi) is 1.77. The van der Waals surface area contributed by atoms with E-state index in [9.17, 15) is 5.21 Å². The molecule has 1 aromatic carbocycles. The van der Waals surface area contributed by atoms with Crippen molar-refractivity contribution < 1.29 is 4.85 Å². The average Bonchev–Trinajstić information content (AvgIpc) is 2.02. The molecule has 0 saturated heterocycles. The van der Waals surface area contributed by atoms with E-state index in [1.54, 1.807) is 18.2 Å². The SMILES string of the molecule is Nc1nc2cccc(Br)c2[n+]([O-])n1. The van der Waals surface area contributed by atoms with Gasteiger partial charge in [-0.2, -0.15) is 0 Å². The van der Waals surface area contributed by atoms with E-state index in [0.29, 0.717) is 20.4 Å². The Balaban J connectivity index is 2.94. The number of para-hydroxylation sites is 1. The number of anilines is 1. The molecule has 2 aromatic rings. The lowest BCUT2D eigenvalue weighted by atomic mass is 10.3. The van der Waals surface area contributed by atoms with Crippen LogP contribution in [0, 0.1) is 5.21 Å². The molecular formula is C7H5BrN4O. The molecule has 66 valence electrons. The van der Waals surface area contributed by atoms with Crippen molar-refractivity contribution in [3.05, 3.63) is 27.9 Å². The third-order valence-electron chi connectivity index (χ3n) is 1.59. The summed E-state index contributed by atoms with van der Waals surface area (Å²) in [4.78, 5) is 4.37. The molecule has 13 heavy (non-hydrogen) atoms. The standard InChI is InChI=1S/C7H5BrN4O/c8-4-2-1-3-5-6(4)12(13)11-7(9)10-5/h1-3H,(H2,9,10,11). The molecule has 0 aliphatic carbocycles. The topological polar surface area (TPSA) is 78.7 Å². The van der Waals surface area contributed by atoms with Crippen LogP contribution in [0.4, 0.5) is 5.95 Å². The van der Waals surface area contributed by atoms with E-state index in [0.717, 1.165) is 0 Å². The quantitative estimate of drug-likeness (QED) is 0.541. The number of halogens is 1. The second-order valence-electron chi connectivity index (χ2n) is 2.45. The summed E-state index contributed by atoms with van der Waals surface area (Å²) in [5.41, 5.74) is 6.23. The summed E-state index contributed by atoms with van der Waals surface area (Å²) in [6.07, 6.45) is 0. The van der Waals surface area contributed by atoms with Crippen LogP contribution in [-0.4, -0.2) is 10.1 Å². The zero-order valence-corrected chi connectivity index (χ0v) is 8.02. The minimum Gasteiger partial charge on any atom is -0.594 e. The van der Waals surface area contributed by atoms with Gasteiger partial charge in [0.05, 0.1) is 9.57 Å². The van der Waals surface area contributed by atoms with Crippen LogP contribution in [0.3, 0.4) is 0 Å². The maximum atomic E-state index is 11.3. The van der Waals surface area contributed by atoms with E-state index in [1.165, 1.54) is 0 Å². The lowest BCUT2D eigenvalue weighted by Crippen LogP contribution is -2.33. The highest BCUT2D eigenvalue weighted by Gasteiger charge is 2.11. The Morgan fingerprint density at radius 3 is 3.00 bits per heavy atom. The monoisotopic (exact) mass is 240 g/mol. The molecule has 0 amide bonds. The van der Waals surface area contributed by atoms with Crippen molar-refractivity contribution >= 4 is 32.9 Å². The molecule has 0 radical (unpaired) electrons. The Morgan fingerprint density at radius 1 is 1.46 bits per heavy atom. The average molecular weight is 241 g/mol. The molecular weight excluding hydrogens is 236 g/mol. The third-order valence-corrected chi connectivity index (χ3v) is 2.22. The molecule has 0 bridgehead atoms. The molecule has 0 aliphatic heterocycles. The number of nitrogen functional groups attached to an aromatic ring is 1. The zero-order chi connectivity index (χ0) is 9.42. The van der Waals surface area contributed by atoms with Gasteiger partial charge in [-0.3, -0.25) is 0 Å². The minimum atomic E-state index is -0.0272. The number of rotatable bonds is 0. The van der Waals surface area contributed by atoms with Crippen LogP contribution in [0.15, 0.2) is 22.7 Å². The molecule has 2 N–H and O–H groups in total. The van der Waals surface area contributed by atoms with Gasteiger partial charge in [-0.15, -0.1) is 0 Å². The number of nitrogens with two attached hydrogens (primary N) is 1. The largest absolute Gasteiger partial charge is 0.594 e. The number of benzene rings is 1. The lowest BCUT2D eigenvalue weighted by molar-refractivity contribution is -0.642. The lowest BCUT2D eigenvalue weighted by Gasteiger charge is -1.99. The predicted molar refractivity (Wildman–Crippen MR) is 50.6 cm³/mol. The smallest absolute Gasteiger partial charge is 0.288 e. The van der Waals surface area contributed by atoms with Crippen LogP contribution in [-0.2, 0) is 0 Å². The second kappa shape index (κ2) is 2.81. The van der Waals surface area contributed by atoms with Crippen molar-refractivity contribution in [1.29, 1.82) is 0 Å². The first-order valence-electron chi connectivity index (χ1n) is 3.50. The maximum absolute atomic E-state index is 11.3. The van der Waals surface area contributed by atoms with Gasteiger partial charge in [-0.05, 0) is 32.9 Å². The van der Waals surface area contributed by atoms with E-state index in [1.807, 2.05) is 0 Å². The molecule has 5 nitrogen and oxygen atoms in total. The van der Waals surface area contributed by atoms with Crippen molar-refractivity contribution in [3.8, 4) is 0 Å². The second-order valence-corrected chi connectivity index (χ2v) is 3.30. The highest BCUT2D eigenvalue weighted by Crippen LogP contribution is 2.18. The van der Waals surface area contributed by atoms with Crippen molar-refractivity contribution in [2.45, 2.75) is 0 Å². The summed E-state index contributed by atoms with van der Waals surface area (Å²) < 4.78 is 0.653. The fourth-order valence-electron chi connectivity index (χ4n) is 1.07. The van der Waals surface area contributed by atoms with E-state index in [2.05, 4.69) is 26.0 Å². The molecule has 0 atom stereocenters. The van der Waals surface area contributed by atoms with Gasteiger partial charge in [0.1, 0.15) is 5.52 Å². The number of nitrogens with zero attached hydrogens (tertiary/aromatic N) is 3. The highest BCUT2D eigenvalue weighted by atomic mass is 79.9. The van der Waals surface area contributed by atoms with Gasteiger partial charge < -0.3 is 10.9 Å². The van der Waals surface area contributed by atoms with E-state index < -0.39 is 0 Å². The predicted octanol–water partition coefficient (Wildman–Crippen LogP) is 0.608. The molecule has 0 fully saturated rings. The van der Waals surface area contributed by atoms with Crippen molar-refractivity contribution in [3.63, 3.8) is 0 Å². The zero-order valence-electron chi connectivity index (χ0n) is 6.44. The Morgan fingerprint density at radius 2 is 2.23 bits per heavy atom. The van der Waals surface area contributed by atoms with Crippen LogP contribution < -0.4 is 10.6 Å². The molecule has 0 unspecified atom stereocenters. The molecule has 1 heterocycles.